The highest BCUT2D eigenvalue weighted by Gasteiger charge is 2.23. The lowest BCUT2D eigenvalue weighted by Gasteiger charge is -2.23. The van der Waals surface area contributed by atoms with Crippen LogP contribution in [0.1, 0.15) is 265 Å². The molecule has 3 atom stereocenters. The fourth-order valence-corrected chi connectivity index (χ4v) is 7.69. The van der Waals surface area contributed by atoms with E-state index in [4.69, 9.17) is 4.74 Å². The zero-order valence-electron chi connectivity index (χ0n) is 38.2. The Kier molecular flexibility index (Phi) is 44.1. The number of carbonyl (C=O) groups is 2. The molecule has 0 aliphatic heterocycles. The van der Waals surface area contributed by atoms with Crippen LogP contribution in [0, 0.1) is 0 Å². The van der Waals surface area contributed by atoms with Gasteiger partial charge in [0, 0.05) is 6.42 Å². The number of aliphatic hydroxyl groups is 2. The molecule has 3 N–H and O–H groups in total. The smallest absolute Gasteiger partial charge is 0.306 e. The van der Waals surface area contributed by atoms with Crippen LogP contribution in [-0.4, -0.2) is 46.9 Å². The van der Waals surface area contributed by atoms with Crippen molar-refractivity contribution < 1.29 is 24.5 Å². The van der Waals surface area contributed by atoms with E-state index in [0.717, 1.165) is 51.4 Å². The lowest BCUT2D eigenvalue weighted by atomic mass is 10.0. The lowest BCUT2D eigenvalue weighted by molar-refractivity contribution is -0.148. The lowest BCUT2D eigenvalue weighted by Crippen LogP contribution is -2.46. The Morgan fingerprint density at radius 1 is 0.526 bits per heavy atom. The molecule has 0 saturated carbocycles. The quantitative estimate of drug-likeness (QED) is 0.0324. The molecule has 0 aromatic rings. The third kappa shape index (κ3) is 40.9. The van der Waals surface area contributed by atoms with Gasteiger partial charge in [0.15, 0.2) is 0 Å². The van der Waals surface area contributed by atoms with Gasteiger partial charge in [0.05, 0.1) is 25.2 Å². The maximum atomic E-state index is 13.1. The van der Waals surface area contributed by atoms with Crippen LogP contribution in [0.4, 0.5) is 0 Å². The highest BCUT2D eigenvalue weighted by molar-refractivity contribution is 5.78. The van der Waals surface area contributed by atoms with Crippen molar-refractivity contribution in [3.63, 3.8) is 0 Å². The predicted octanol–water partition coefficient (Wildman–Crippen LogP) is 14.7. The number of unbranched alkanes of at least 4 members (excludes halogenated alkanes) is 31. The summed E-state index contributed by atoms with van der Waals surface area (Å²) in [6.45, 7) is 6.45. The summed E-state index contributed by atoms with van der Waals surface area (Å²) >= 11 is 0. The van der Waals surface area contributed by atoms with E-state index in [1.165, 1.54) is 173 Å². The fourth-order valence-electron chi connectivity index (χ4n) is 7.69. The van der Waals surface area contributed by atoms with E-state index in [-0.39, 0.29) is 24.9 Å². The van der Waals surface area contributed by atoms with Crippen LogP contribution in [0.3, 0.4) is 0 Å². The predicted molar refractivity (Wildman–Crippen MR) is 246 cm³/mol. The number of hydrogen-bond donors (Lipinski definition) is 3. The SMILES string of the molecule is CCCCCCCC/C=C\C/C=C/C(CC(=O)NC(CO)C(O)CCCCCCCCCCCCCCC)OC(=O)CCCCCCCCCCCCCCCC. The van der Waals surface area contributed by atoms with Gasteiger partial charge in [0.25, 0.3) is 0 Å². The normalized spacial score (nSPS) is 13.4. The number of allylic oxidation sites excluding steroid dienone is 3. The number of carbonyl (C=O) groups excluding carboxylic acids is 2. The van der Waals surface area contributed by atoms with Crippen LogP contribution in [0.15, 0.2) is 24.3 Å². The van der Waals surface area contributed by atoms with Crippen molar-refractivity contribution >= 4 is 11.9 Å². The number of rotatable bonds is 45. The van der Waals surface area contributed by atoms with Crippen molar-refractivity contribution in [1.82, 2.24) is 5.32 Å². The molecule has 3 unspecified atom stereocenters. The molecular formula is C51H97NO5. The van der Waals surface area contributed by atoms with Crippen LogP contribution in [0.2, 0.25) is 0 Å². The molecule has 1 amide bonds. The number of ether oxygens (including phenoxy) is 1. The van der Waals surface area contributed by atoms with Crippen molar-refractivity contribution in [2.75, 3.05) is 6.61 Å². The van der Waals surface area contributed by atoms with Gasteiger partial charge < -0.3 is 20.3 Å². The molecule has 336 valence electrons. The summed E-state index contributed by atoms with van der Waals surface area (Å²) in [6, 6.07) is -0.726. The van der Waals surface area contributed by atoms with Gasteiger partial charge in [-0.2, -0.15) is 0 Å². The first kappa shape index (κ1) is 55.3. The molecule has 6 nitrogen and oxygen atoms in total. The topological polar surface area (TPSA) is 95.9 Å². The summed E-state index contributed by atoms with van der Waals surface area (Å²) in [5, 5.41) is 23.7. The van der Waals surface area contributed by atoms with E-state index >= 15 is 0 Å². The molecular weight excluding hydrogens is 707 g/mol. The van der Waals surface area contributed by atoms with Crippen LogP contribution >= 0.6 is 0 Å². The highest BCUT2D eigenvalue weighted by Crippen LogP contribution is 2.17. The van der Waals surface area contributed by atoms with Gasteiger partial charge in [-0.3, -0.25) is 9.59 Å². The van der Waals surface area contributed by atoms with Crippen molar-refractivity contribution in [1.29, 1.82) is 0 Å². The van der Waals surface area contributed by atoms with E-state index < -0.39 is 18.2 Å². The summed E-state index contributed by atoms with van der Waals surface area (Å²) in [5.74, 6) is -0.591. The Bertz CT molecular complexity index is 904. The largest absolute Gasteiger partial charge is 0.458 e. The van der Waals surface area contributed by atoms with Gasteiger partial charge in [-0.15, -0.1) is 0 Å². The molecule has 0 aliphatic carbocycles. The molecule has 0 bridgehead atoms. The molecule has 0 radical (unpaired) electrons. The molecule has 0 heterocycles. The first-order valence-corrected chi connectivity index (χ1v) is 25.1. The molecule has 0 aromatic carbocycles. The van der Waals surface area contributed by atoms with E-state index in [0.29, 0.717) is 12.8 Å². The van der Waals surface area contributed by atoms with Gasteiger partial charge in [0.2, 0.25) is 5.91 Å². The third-order valence-electron chi connectivity index (χ3n) is 11.5. The van der Waals surface area contributed by atoms with Crippen LogP contribution in [-0.2, 0) is 14.3 Å². The number of nitrogens with one attached hydrogen (secondary N) is 1. The van der Waals surface area contributed by atoms with Crippen LogP contribution < -0.4 is 5.32 Å². The van der Waals surface area contributed by atoms with E-state index in [1.807, 2.05) is 12.2 Å². The minimum absolute atomic E-state index is 0.0234. The second kappa shape index (κ2) is 45.4. The summed E-state index contributed by atoms with van der Waals surface area (Å²) in [6.07, 6.45) is 51.2. The number of hydrogen-bond acceptors (Lipinski definition) is 5. The van der Waals surface area contributed by atoms with Crippen LogP contribution in [0.5, 0.6) is 0 Å². The average molecular weight is 804 g/mol. The highest BCUT2D eigenvalue weighted by atomic mass is 16.5. The van der Waals surface area contributed by atoms with E-state index in [2.05, 4.69) is 38.2 Å². The minimum Gasteiger partial charge on any atom is -0.458 e. The van der Waals surface area contributed by atoms with Crippen molar-refractivity contribution in [2.24, 2.45) is 0 Å². The summed E-state index contributed by atoms with van der Waals surface area (Å²) in [7, 11) is 0. The van der Waals surface area contributed by atoms with Gasteiger partial charge in [-0.25, -0.2) is 0 Å². The first-order chi connectivity index (χ1) is 28.0. The molecule has 57 heavy (non-hydrogen) atoms. The fraction of sp³-hybridized carbons (Fsp3) is 0.882. The Morgan fingerprint density at radius 2 is 0.930 bits per heavy atom. The third-order valence-corrected chi connectivity index (χ3v) is 11.5. The second-order valence-electron chi connectivity index (χ2n) is 17.2. The monoisotopic (exact) mass is 804 g/mol. The Balaban J connectivity index is 4.59. The molecule has 0 aliphatic rings. The number of amides is 1. The zero-order valence-corrected chi connectivity index (χ0v) is 38.2. The molecule has 6 heteroatoms. The number of esters is 1. The average Bonchev–Trinajstić information content (AvgIpc) is 3.20. The van der Waals surface area contributed by atoms with Gasteiger partial charge in [-0.1, -0.05) is 238 Å². The van der Waals surface area contributed by atoms with E-state index in [1.54, 1.807) is 0 Å². The molecule has 0 saturated heterocycles. The summed E-state index contributed by atoms with van der Waals surface area (Å²) in [4.78, 5) is 26.0. The zero-order chi connectivity index (χ0) is 41.7. The van der Waals surface area contributed by atoms with Crippen molar-refractivity contribution in [3.8, 4) is 0 Å². The molecule has 0 rings (SSSR count). The minimum atomic E-state index is -0.805. The molecule has 0 spiro atoms. The van der Waals surface area contributed by atoms with E-state index in [9.17, 15) is 19.8 Å². The maximum absolute atomic E-state index is 13.1. The van der Waals surface area contributed by atoms with Crippen LogP contribution in [0.25, 0.3) is 0 Å². The van der Waals surface area contributed by atoms with Gasteiger partial charge >= 0.3 is 5.97 Å². The van der Waals surface area contributed by atoms with Gasteiger partial charge in [-0.05, 0) is 38.2 Å². The van der Waals surface area contributed by atoms with Crippen molar-refractivity contribution in [2.45, 2.75) is 283 Å². The summed E-state index contributed by atoms with van der Waals surface area (Å²) < 4.78 is 5.82. The Hall–Kier alpha value is -1.66. The Labute approximate surface area is 354 Å². The Morgan fingerprint density at radius 3 is 1.37 bits per heavy atom. The second-order valence-corrected chi connectivity index (χ2v) is 17.2. The van der Waals surface area contributed by atoms with Crippen molar-refractivity contribution in [3.05, 3.63) is 24.3 Å². The standard InChI is InChI=1S/C51H97NO5/c1-4-7-10-13-16-19-22-24-26-29-32-35-38-41-44-51(56)57-47(42-39-36-33-30-27-21-18-15-12-9-6-3)45-50(55)52-48(46-53)49(54)43-40-37-34-31-28-25-23-20-17-14-11-8-5-2/h30,33,39,42,47-49,53-54H,4-29,31-32,34-38,40-41,43-46H2,1-3H3,(H,52,55)/b33-30-,42-39+. The van der Waals surface area contributed by atoms with Gasteiger partial charge in [0.1, 0.15) is 6.10 Å². The number of aliphatic hydroxyl groups excluding tert-OH is 2. The summed E-state index contributed by atoms with van der Waals surface area (Å²) in [5.41, 5.74) is 0. The first-order valence-electron chi connectivity index (χ1n) is 25.1. The molecule has 0 aromatic heterocycles. The maximum Gasteiger partial charge on any atom is 0.306 e. The molecule has 0 fully saturated rings.